The van der Waals surface area contributed by atoms with Gasteiger partial charge in [0.05, 0.1) is 0 Å². The molecule has 4 heteroatoms. The molecule has 2 aliphatic rings. The van der Waals surface area contributed by atoms with E-state index in [0.717, 1.165) is 18.5 Å². The van der Waals surface area contributed by atoms with Crippen molar-refractivity contribution in [2.24, 2.45) is 5.92 Å². The Morgan fingerprint density at radius 3 is 2.73 bits per heavy atom. The Kier molecular flexibility index (Phi) is 5.40. The highest BCUT2D eigenvalue weighted by atomic mass is 35.5. The van der Waals surface area contributed by atoms with Crippen molar-refractivity contribution in [3.05, 3.63) is 35.2 Å². The maximum Gasteiger partial charge on any atom is 0.0346 e. The van der Waals surface area contributed by atoms with Gasteiger partial charge in [-0.25, -0.2) is 0 Å². The molecule has 2 aliphatic heterocycles. The number of nitrogens with zero attached hydrogens (tertiary/aromatic N) is 1. The van der Waals surface area contributed by atoms with Gasteiger partial charge in [-0.2, -0.15) is 0 Å². The third-order valence-electron chi connectivity index (χ3n) is 5.25. The predicted molar refractivity (Wildman–Crippen MR) is 98.1 cm³/mol. The SMILES string of the molecule is Cl.c1ccc2c(CN3CCC(C4CCCN4)CC3)csc2c1. The van der Waals surface area contributed by atoms with Crippen LogP contribution in [0.4, 0.5) is 0 Å². The molecule has 1 atom stereocenters. The minimum absolute atomic E-state index is 0. The maximum atomic E-state index is 3.69. The molecule has 120 valence electrons. The van der Waals surface area contributed by atoms with Crippen LogP contribution in [0.25, 0.3) is 10.1 Å². The second-order valence-electron chi connectivity index (χ2n) is 6.57. The van der Waals surface area contributed by atoms with Crippen LogP contribution in [0.15, 0.2) is 29.6 Å². The van der Waals surface area contributed by atoms with Crippen molar-refractivity contribution in [1.82, 2.24) is 10.2 Å². The number of likely N-dealkylation sites (tertiary alicyclic amines) is 1. The third-order valence-corrected chi connectivity index (χ3v) is 6.27. The number of halogens is 1. The van der Waals surface area contributed by atoms with Crippen LogP contribution < -0.4 is 5.32 Å². The van der Waals surface area contributed by atoms with E-state index in [9.17, 15) is 0 Å². The normalized spacial score (nSPS) is 23.7. The summed E-state index contributed by atoms with van der Waals surface area (Å²) in [5.74, 6) is 0.919. The molecule has 0 amide bonds. The first kappa shape index (κ1) is 16.3. The minimum atomic E-state index is 0. The van der Waals surface area contributed by atoms with E-state index in [2.05, 4.69) is 39.9 Å². The van der Waals surface area contributed by atoms with Gasteiger partial charge in [0.2, 0.25) is 0 Å². The summed E-state index contributed by atoms with van der Waals surface area (Å²) in [7, 11) is 0. The van der Waals surface area contributed by atoms with E-state index < -0.39 is 0 Å². The molecule has 1 aromatic carbocycles. The van der Waals surface area contributed by atoms with E-state index in [1.807, 2.05) is 11.3 Å². The molecule has 1 aromatic heterocycles. The molecule has 0 radical (unpaired) electrons. The fraction of sp³-hybridized carbons (Fsp3) is 0.556. The van der Waals surface area contributed by atoms with Crippen molar-refractivity contribution >= 4 is 33.8 Å². The van der Waals surface area contributed by atoms with Crippen LogP contribution >= 0.6 is 23.7 Å². The summed E-state index contributed by atoms with van der Waals surface area (Å²) in [6, 6.07) is 9.63. The highest BCUT2D eigenvalue weighted by Gasteiger charge is 2.28. The molecular weight excluding hydrogens is 312 g/mol. The Bertz CT molecular complexity index is 598. The number of piperidine rings is 1. The van der Waals surface area contributed by atoms with Gasteiger partial charge in [0.25, 0.3) is 0 Å². The number of fused-ring (bicyclic) bond motifs is 1. The van der Waals surface area contributed by atoms with Gasteiger partial charge in [-0.1, -0.05) is 18.2 Å². The Morgan fingerprint density at radius 1 is 1.14 bits per heavy atom. The molecule has 4 rings (SSSR count). The van der Waals surface area contributed by atoms with Crippen LogP contribution in [-0.2, 0) is 6.54 Å². The highest BCUT2D eigenvalue weighted by molar-refractivity contribution is 7.17. The Balaban J connectivity index is 0.00000144. The fourth-order valence-corrected chi connectivity index (χ4v) is 4.98. The van der Waals surface area contributed by atoms with Gasteiger partial charge < -0.3 is 5.32 Å². The summed E-state index contributed by atoms with van der Waals surface area (Å²) >= 11 is 1.89. The smallest absolute Gasteiger partial charge is 0.0346 e. The lowest BCUT2D eigenvalue weighted by Gasteiger charge is -2.34. The molecule has 2 fully saturated rings. The molecule has 1 N–H and O–H groups in total. The van der Waals surface area contributed by atoms with Crippen molar-refractivity contribution in [3.8, 4) is 0 Å². The van der Waals surface area contributed by atoms with Gasteiger partial charge >= 0.3 is 0 Å². The molecule has 1 unspecified atom stereocenters. The number of rotatable bonds is 3. The average Bonchev–Trinajstić information content (AvgIpc) is 3.19. The lowest BCUT2D eigenvalue weighted by molar-refractivity contribution is 0.158. The van der Waals surface area contributed by atoms with Crippen LogP contribution in [-0.4, -0.2) is 30.6 Å². The van der Waals surface area contributed by atoms with E-state index in [1.54, 1.807) is 0 Å². The molecule has 22 heavy (non-hydrogen) atoms. The molecule has 2 saturated heterocycles. The number of hydrogen-bond acceptors (Lipinski definition) is 3. The van der Waals surface area contributed by atoms with Gasteiger partial charge in [0.1, 0.15) is 0 Å². The maximum absolute atomic E-state index is 3.69. The van der Waals surface area contributed by atoms with Gasteiger partial charge in [-0.05, 0) is 73.6 Å². The van der Waals surface area contributed by atoms with Crippen molar-refractivity contribution in [1.29, 1.82) is 0 Å². The highest BCUT2D eigenvalue weighted by Crippen LogP contribution is 2.30. The number of hydrogen-bond donors (Lipinski definition) is 1. The first-order chi connectivity index (χ1) is 10.4. The topological polar surface area (TPSA) is 15.3 Å². The van der Waals surface area contributed by atoms with Gasteiger partial charge in [-0.15, -0.1) is 23.7 Å². The van der Waals surface area contributed by atoms with Crippen molar-refractivity contribution in [3.63, 3.8) is 0 Å². The molecular formula is C18H25ClN2S. The second-order valence-corrected chi connectivity index (χ2v) is 7.48. The van der Waals surface area contributed by atoms with E-state index in [4.69, 9.17) is 0 Å². The van der Waals surface area contributed by atoms with E-state index in [0.29, 0.717) is 0 Å². The van der Waals surface area contributed by atoms with E-state index in [1.165, 1.54) is 61.0 Å². The molecule has 0 aliphatic carbocycles. The predicted octanol–water partition coefficient (Wildman–Crippen LogP) is 4.29. The summed E-state index contributed by atoms with van der Waals surface area (Å²) in [4.78, 5) is 2.65. The summed E-state index contributed by atoms with van der Waals surface area (Å²) in [6.45, 7) is 4.92. The molecule has 0 spiro atoms. The number of benzene rings is 1. The monoisotopic (exact) mass is 336 g/mol. The Hall–Kier alpha value is -0.610. The molecule has 2 nitrogen and oxygen atoms in total. The first-order valence-corrected chi connectivity index (χ1v) is 9.19. The van der Waals surface area contributed by atoms with Crippen molar-refractivity contribution in [2.45, 2.75) is 38.3 Å². The van der Waals surface area contributed by atoms with E-state index in [-0.39, 0.29) is 12.4 Å². The molecule has 0 bridgehead atoms. The van der Waals surface area contributed by atoms with Crippen LogP contribution in [0.1, 0.15) is 31.2 Å². The van der Waals surface area contributed by atoms with Crippen LogP contribution in [0.3, 0.4) is 0 Å². The molecule has 2 aromatic rings. The lowest BCUT2D eigenvalue weighted by atomic mass is 9.88. The second kappa shape index (κ2) is 7.31. The summed E-state index contributed by atoms with van der Waals surface area (Å²) in [6.07, 6.45) is 5.53. The van der Waals surface area contributed by atoms with Crippen molar-refractivity contribution < 1.29 is 0 Å². The zero-order valence-electron chi connectivity index (χ0n) is 13.0. The lowest BCUT2D eigenvalue weighted by Crippen LogP contribution is -2.40. The molecule has 0 saturated carbocycles. The van der Waals surface area contributed by atoms with Crippen LogP contribution in [0.2, 0.25) is 0 Å². The Morgan fingerprint density at radius 2 is 1.95 bits per heavy atom. The fourth-order valence-electron chi connectivity index (χ4n) is 4.02. The van der Waals surface area contributed by atoms with Crippen LogP contribution in [0, 0.1) is 5.92 Å². The standard InChI is InChI=1S/C18H24N2S.ClH/c1-2-6-18-16(4-1)15(13-21-18)12-20-10-7-14(8-11-20)17-5-3-9-19-17;/h1-2,4,6,13-14,17,19H,3,5,7-12H2;1H. The minimum Gasteiger partial charge on any atom is -0.314 e. The average molecular weight is 337 g/mol. The summed E-state index contributed by atoms with van der Waals surface area (Å²) in [5.41, 5.74) is 1.52. The zero-order valence-corrected chi connectivity index (χ0v) is 14.6. The van der Waals surface area contributed by atoms with E-state index >= 15 is 0 Å². The number of nitrogens with one attached hydrogen (secondary N) is 1. The largest absolute Gasteiger partial charge is 0.314 e. The quantitative estimate of drug-likeness (QED) is 0.899. The third kappa shape index (κ3) is 3.33. The van der Waals surface area contributed by atoms with Gasteiger partial charge in [0.15, 0.2) is 0 Å². The van der Waals surface area contributed by atoms with Gasteiger partial charge in [-0.3, -0.25) is 4.90 Å². The molecule has 3 heterocycles. The van der Waals surface area contributed by atoms with Crippen molar-refractivity contribution in [2.75, 3.05) is 19.6 Å². The van der Waals surface area contributed by atoms with Crippen LogP contribution in [0.5, 0.6) is 0 Å². The first-order valence-electron chi connectivity index (χ1n) is 8.31. The van der Waals surface area contributed by atoms with Gasteiger partial charge in [0, 0.05) is 17.3 Å². The zero-order chi connectivity index (χ0) is 14.1. The Labute approximate surface area is 143 Å². The summed E-state index contributed by atoms with van der Waals surface area (Å²) < 4.78 is 1.43. The number of thiophene rings is 1. The summed E-state index contributed by atoms with van der Waals surface area (Å²) in [5, 5.41) is 7.51.